The van der Waals surface area contributed by atoms with Crippen LogP contribution in [0.5, 0.6) is 0 Å². The number of hydrogen-bond acceptors (Lipinski definition) is 2. The Morgan fingerprint density at radius 1 is 1.54 bits per heavy atom. The van der Waals surface area contributed by atoms with Gasteiger partial charge >= 0.3 is 0 Å². The van der Waals surface area contributed by atoms with E-state index in [0.29, 0.717) is 12.3 Å². The normalized spacial score (nSPS) is 24.6. The third-order valence-corrected chi connectivity index (χ3v) is 2.67. The molecule has 0 amide bonds. The van der Waals surface area contributed by atoms with Gasteiger partial charge in [0.05, 0.1) is 6.54 Å². The summed E-state index contributed by atoms with van der Waals surface area (Å²) in [5, 5.41) is 0. The average molecular weight is 183 g/mol. The number of carbonyl (C=O) groups is 1. The third kappa shape index (κ3) is 3.90. The number of nitrogens with zero attached hydrogens (tertiary/aromatic N) is 1. The molecule has 0 aromatic carbocycles. The van der Waals surface area contributed by atoms with Gasteiger partial charge in [-0.15, -0.1) is 0 Å². The van der Waals surface area contributed by atoms with Crippen LogP contribution in [0.15, 0.2) is 0 Å². The van der Waals surface area contributed by atoms with Crippen LogP contribution < -0.4 is 0 Å². The molecule has 0 bridgehead atoms. The Bertz CT molecular complexity index is 167. The fraction of sp³-hybridized carbons (Fsp3) is 0.909. The first-order valence-corrected chi connectivity index (χ1v) is 5.46. The van der Waals surface area contributed by atoms with E-state index < -0.39 is 0 Å². The van der Waals surface area contributed by atoms with Crippen LogP contribution in [0.2, 0.25) is 0 Å². The molecule has 2 nitrogen and oxygen atoms in total. The summed E-state index contributed by atoms with van der Waals surface area (Å²) < 4.78 is 0. The molecule has 1 rings (SSSR count). The largest absolute Gasteiger partial charge is 0.298 e. The highest BCUT2D eigenvalue weighted by Gasteiger charge is 2.17. The number of Topliss-reactive ketones (excluding diaryl/α,β-unsaturated/α-hetero) is 1. The summed E-state index contributed by atoms with van der Waals surface area (Å²) in [5.74, 6) is 1.19. The molecule has 13 heavy (non-hydrogen) atoms. The Kier molecular flexibility index (Phi) is 4.43. The maximum absolute atomic E-state index is 11.4. The van der Waals surface area contributed by atoms with E-state index in [-0.39, 0.29) is 0 Å². The SMILES string of the molecule is CCCC(=O)CN1CCCC(C)C1. The quantitative estimate of drug-likeness (QED) is 0.665. The monoisotopic (exact) mass is 183 g/mol. The lowest BCUT2D eigenvalue weighted by molar-refractivity contribution is -0.120. The van der Waals surface area contributed by atoms with Crippen molar-refractivity contribution in [2.75, 3.05) is 19.6 Å². The second kappa shape index (κ2) is 5.38. The summed E-state index contributed by atoms with van der Waals surface area (Å²) in [4.78, 5) is 13.7. The first-order valence-electron chi connectivity index (χ1n) is 5.46. The van der Waals surface area contributed by atoms with Gasteiger partial charge in [0.15, 0.2) is 0 Å². The van der Waals surface area contributed by atoms with Crippen molar-refractivity contribution in [1.29, 1.82) is 0 Å². The van der Waals surface area contributed by atoms with Gasteiger partial charge in [0.25, 0.3) is 0 Å². The number of rotatable bonds is 4. The lowest BCUT2D eigenvalue weighted by atomic mass is 10.00. The van der Waals surface area contributed by atoms with Gasteiger partial charge in [-0.2, -0.15) is 0 Å². The van der Waals surface area contributed by atoms with Crippen LogP contribution in [0, 0.1) is 5.92 Å². The topological polar surface area (TPSA) is 20.3 Å². The number of likely N-dealkylation sites (tertiary alicyclic amines) is 1. The Morgan fingerprint density at radius 2 is 2.31 bits per heavy atom. The van der Waals surface area contributed by atoms with E-state index >= 15 is 0 Å². The fourth-order valence-electron chi connectivity index (χ4n) is 2.04. The predicted molar refractivity (Wildman–Crippen MR) is 54.8 cm³/mol. The zero-order chi connectivity index (χ0) is 9.68. The molecular weight excluding hydrogens is 162 g/mol. The van der Waals surface area contributed by atoms with Gasteiger partial charge in [-0.1, -0.05) is 13.8 Å². The predicted octanol–water partition coefficient (Wildman–Crippen LogP) is 2.09. The Labute approximate surface area is 81.3 Å². The van der Waals surface area contributed by atoms with Crippen molar-refractivity contribution in [3.63, 3.8) is 0 Å². The van der Waals surface area contributed by atoms with Gasteiger partial charge in [-0.3, -0.25) is 9.69 Å². The van der Waals surface area contributed by atoms with Gasteiger partial charge in [0.1, 0.15) is 5.78 Å². The van der Waals surface area contributed by atoms with Crippen LogP contribution in [0.1, 0.15) is 39.5 Å². The van der Waals surface area contributed by atoms with E-state index in [9.17, 15) is 4.79 Å². The lowest BCUT2D eigenvalue weighted by Gasteiger charge is -2.30. The molecule has 1 aliphatic heterocycles. The Morgan fingerprint density at radius 3 is 2.92 bits per heavy atom. The Hall–Kier alpha value is -0.370. The van der Waals surface area contributed by atoms with E-state index in [1.54, 1.807) is 0 Å². The van der Waals surface area contributed by atoms with Crippen LogP contribution >= 0.6 is 0 Å². The highest BCUT2D eigenvalue weighted by Crippen LogP contribution is 2.15. The second-order valence-electron chi connectivity index (χ2n) is 4.27. The number of hydrogen-bond donors (Lipinski definition) is 0. The molecule has 0 aromatic heterocycles. The second-order valence-corrected chi connectivity index (χ2v) is 4.27. The molecule has 1 atom stereocenters. The molecule has 1 saturated heterocycles. The summed E-state index contributed by atoms with van der Waals surface area (Å²) in [6.45, 7) is 7.28. The van der Waals surface area contributed by atoms with E-state index in [4.69, 9.17) is 0 Å². The third-order valence-electron chi connectivity index (χ3n) is 2.67. The first kappa shape index (κ1) is 10.7. The van der Waals surface area contributed by atoms with Gasteiger partial charge in [0.2, 0.25) is 0 Å². The maximum atomic E-state index is 11.4. The summed E-state index contributed by atoms with van der Waals surface area (Å²) in [7, 11) is 0. The minimum atomic E-state index is 0.414. The number of piperidine rings is 1. The van der Waals surface area contributed by atoms with Crippen molar-refractivity contribution in [2.24, 2.45) is 5.92 Å². The van der Waals surface area contributed by atoms with E-state index in [0.717, 1.165) is 31.8 Å². The molecule has 2 heteroatoms. The average Bonchev–Trinajstić information content (AvgIpc) is 2.04. The van der Waals surface area contributed by atoms with Crippen LogP contribution in [-0.4, -0.2) is 30.3 Å². The molecule has 1 aliphatic rings. The van der Waals surface area contributed by atoms with Crippen molar-refractivity contribution < 1.29 is 4.79 Å². The fourth-order valence-corrected chi connectivity index (χ4v) is 2.04. The molecule has 1 unspecified atom stereocenters. The zero-order valence-corrected chi connectivity index (χ0v) is 8.88. The highest BCUT2D eigenvalue weighted by atomic mass is 16.1. The molecule has 1 fully saturated rings. The van der Waals surface area contributed by atoms with E-state index in [2.05, 4.69) is 18.7 Å². The van der Waals surface area contributed by atoms with E-state index in [1.165, 1.54) is 12.8 Å². The van der Waals surface area contributed by atoms with Crippen molar-refractivity contribution in [1.82, 2.24) is 4.90 Å². The standard InChI is InChI=1S/C11H21NO/c1-3-5-11(13)9-12-7-4-6-10(2)8-12/h10H,3-9H2,1-2H3. The molecule has 0 saturated carbocycles. The van der Waals surface area contributed by atoms with Crippen LogP contribution in [0.3, 0.4) is 0 Å². The maximum Gasteiger partial charge on any atom is 0.146 e. The number of ketones is 1. The Balaban J connectivity index is 2.23. The van der Waals surface area contributed by atoms with Crippen molar-refractivity contribution in [2.45, 2.75) is 39.5 Å². The van der Waals surface area contributed by atoms with Crippen molar-refractivity contribution in [3.8, 4) is 0 Å². The molecule has 1 heterocycles. The minimum absolute atomic E-state index is 0.414. The van der Waals surface area contributed by atoms with Gasteiger partial charge < -0.3 is 0 Å². The molecule has 76 valence electrons. The van der Waals surface area contributed by atoms with Crippen molar-refractivity contribution in [3.05, 3.63) is 0 Å². The van der Waals surface area contributed by atoms with E-state index in [1.807, 2.05) is 0 Å². The molecule has 0 spiro atoms. The summed E-state index contributed by atoms with van der Waals surface area (Å²) >= 11 is 0. The highest BCUT2D eigenvalue weighted by molar-refractivity contribution is 5.80. The van der Waals surface area contributed by atoms with Gasteiger partial charge in [-0.25, -0.2) is 0 Å². The molecular formula is C11H21NO. The first-order chi connectivity index (χ1) is 6.22. The summed E-state index contributed by atoms with van der Waals surface area (Å²) in [5.41, 5.74) is 0. The van der Waals surface area contributed by atoms with Crippen LogP contribution in [0.4, 0.5) is 0 Å². The summed E-state index contributed by atoms with van der Waals surface area (Å²) in [6, 6.07) is 0. The van der Waals surface area contributed by atoms with Crippen LogP contribution in [-0.2, 0) is 4.79 Å². The zero-order valence-electron chi connectivity index (χ0n) is 8.88. The lowest BCUT2D eigenvalue weighted by Crippen LogP contribution is -2.37. The molecule has 0 aliphatic carbocycles. The molecule has 0 radical (unpaired) electrons. The van der Waals surface area contributed by atoms with Crippen LogP contribution in [0.25, 0.3) is 0 Å². The van der Waals surface area contributed by atoms with Gasteiger partial charge in [0, 0.05) is 13.0 Å². The molecule has 0 aromatic rings. The van der Waals surface area contributed by atoms with Crippen molar-refractivity contribution >= 4 is 5.78 Å². The summed E-state index contributed by atoms with van der Waals surface area (Å²) in [6.07, 6.45) is 4.34. The number of carbonyl (C=O) groups excluding carboxylic acids is 1. The minimum Gasteiger partial charge on any atom is -0.298 e. The smallest absolute Gasteiger partial charge is 0.146 e. The molecule has 0 N–H and O–H groups in total. The van der Waals surface area contributed by atoms with Gasteiger partial charge in [-0.05, 0) is 31.7 Å².